The van der Waals surface area contributed by atoms with E-state index in [9.17, 15) is 5.26 Å². The summed E-state index contributed by atoms with van der Waals surface area (Å²) in [4.78, 5) is 4.87. The van der Waals surface area contributed by atoms with Crippen LogP contribution < -0.4 is 10.2 Å². The molecule has 4 nitrogen and oxygen atoms in total. The van der Waals surface area contributed by atoms with Crippen molar-refractivity contribution >= 4 is 11.4 Å². The van der Waals surface area contributed by atoms with Crippen LogP contribution in [-0.2, 0) is 0 Å². The first-order valence-corrected chi connectivity index (χ1v) is 8.00. The fraction of sp³-hybridized carbons (Fsp3) is 0.389. The van der Waals surface area contributed by atoms with E-state index in [1.54, 1.807) is 0 Å². The maximum Gasteiger partial charge on any atom is 0.131 e. The molecule has 1 atom stereocenters. The molecule has 22 heavy (non-hydrogen) atoms. The first-order valence-electron chi connectivity index (χ1n) is 8.00. The van der Waals surface area contributed by atoms with Gasteiger partial charge in [0.1, 0.15) is 18.1 Å². The second kappa shape index (κ2) is 4.89. The number of rotatable bonds is 2. The van der Waals surface area contributed by atoms with Crippen LogP contribution in [0.15, 0.2) is 46.8 Å². The third-order valence-electron chi connectivity index (χ3n) is 4.94. The van der Waals surface area contributed by atoms with E-state index >= 15 is 0 Å². The zero-order valence-electron chi connectivity index (χ0n) is 13.1. The standard InChI is InChI=1S/C18H20N4/c1-3-9-21-10-8-13-12(2)14(11-19)17-20-15-6-4-5-7-16(15)22(17)18(13)21/h4-7,18,20H,3,8-10H2,1-2H3. The fourth-order valence-electron chi connectivity index (χ4n) is 3.97. The average molecular weight is 292 g/mol. The number of hydrogen-bond acceptors (Lipinski definition) is 4. The summed E-state index contributed by atoms with van der Waals surface area (Å²) in [7, 11) is 0. The van der Waals surface area contributed by atoms with Crippen LogP contribution in [0.25, 0.3) is 0 Å². The largest absolute Gasteiger partial charge is 0.339 e. The lowest BCUT2D eigenvalue weighted by molar-refractivity contribution is 0.268. The van der Waals surface area contributed by atoms with Crippen LogP contribution in [0.2, 0.25) is 0 Å². The molecule has 3 heterocycles. The zero-order valence-corrected chi connectivity index (χ0v) is 13.1. The Morgan fingerprint density at radius 3 is 2.95 bits per heavy atom. The second-order valence-electron chi connectivity index (χ2n) is 6.16. The molecular formula is C18H20N4. The molecule has 0 aromatic heterocycles. The van der Waals surface area contributed by atoms with Crippen LogP contribution in [0.5, 0.6) is 0 Å². The molecule has 1 N–H and O–H groups in total. The highest BCUT2D eigenvalue weighted by Gasteiger charge is 2.44. The summed E-state index contributed by atoms with van der Waals surface area (Å²) in [6, 6.07) is 10.8. The average Bonchev–Trinajstić information content (AvgIpc) is 3.09. The summed E-state index contributed by atoms with van der Waals surface area (Å²) in [5, 5.41) is 13.1. The smallest absolute Gasteiger partial charge is 0.131 e. The molecule has 1 saturated heterocycles. The Bertz CT molecular complexity index is 738. The number of nitriles is 1. The van der Waals surface area contributed by atoms with Crippen molar-refractivity contribution in [3.8, 4) is 6.07 Å². The Morgan fingerprint density at radius 1 is 1.36 bits per heavy atom. The lowest BCUT2D eigenvalue weighted by atomic mass is 9.95. The third-order valence-corrected chi connectivity index (χ3v) is 4.94. The van der Waals surface area contributed by atoms with Gasteiger partial charge in [0.25, 0.3) is 0 Å². The van der Waals surface area contributed by atoms with Crippen LogP contribution in [0.1, 0.15) is 26.7 Å². The van der Waals surface area contributed by atoms with Crippen molar-refractivity contribution in [3.05, 3.63) is 46.8 Å². The molecular weight excluding hydrogens is 272 g/mol. The van der Waals surface area contributed by atoms with Gasteiger partial charge in [-0.1, -0.05) is 19.1 Å². The van der Waals surface area contributed by atoms with Gasteiger partial charge in [-0.3, -0.25) is 4.90 Å². The summed E-state index contributed by atoms with van der Waals surface area (Å²) >= 11 is 0. The van der Waals surface area contributed by atoms with Crippen LogP contribution >= 0.6 is 0 Å². The van der Waals surface area contributed by atoms with Crippen molar-refractivity contribution in [1.82, 2.24) is 4.90 Å². The minimum atomic E-state index is 0.267. The van der Waals surface area contributed by atoms with Gasteiger partial charge in [-0.15, -0.1) is 0 Å². The number of anilines is 2. The lowest BCUT2D eigenvalue weighted by Gasteiger charge is -2.38. The first-order chi connectivity index (χ1) is 10.8. The van der Waals surface area contributed by atoms with Gasteiger partial charge in [0.05, 0.1) is 16.9 Å². The van der Waals surface area contributed by atoms with Crippen LogP contribution in [-0.4, -0.2) is 24.2 Å². The molecule has 1 aromatic rings. The molecule has 4 rings (SSSR count). The number of para-hydroxylation sites is 2. The summed E-state index contributed by atoms with van der Waals surface area (Å²) in [5.74, 6) is 0.956. The van der Waals surface area contributed by atoms with Crippen molar-refractivity contribution < 1.29 is 0 Å². The van der Waals surface area contributed by atoms with E-state index in [2.05, 4.69) is 53.2 Å². The van der Waals surface area contributed by atoms with Gasteiger partial charge in [0.2, 0.25) is 0 Å². The highest BCUT2D eigenvalue weighted by Crippen LogP contribution is 2.47. The SMILES string of the molecule is CCCN1CCC2=C(C)C(C#N)=C3Nc4ccccc4N3C21. The Balaban J connectivity index is 1.90. The quantitative estimate of drug-likeness (QED) is 0.907. The molecule has 3 aliphatic heterocycles. The molecule has 0 radical (unpaired) electrons. The van der Waals surface area contributed by atoms with E-state index < -0.39 is 0 Å². The summed E-state index contributed by atoms with van der Waals surface area (Å²) in [6.45, 7) is 6.50. The van der Waals surface area contributed by atoms with E-state index in [1.165, 1.54) is 11.3 Å². The monoisotopic (exact) mass is 292 g/mol. The van der Waals surface area contributed by atoms with E-state index in [0.29, 0.717) is 0 Å². The van der Waals surface area contributed by atoms with Gasteiger partial charge in [-0.05, 0) is 43.0 Å². The van der Waals surface area contributed by atoms with Gasteiger partial charge in [-0.2, -0.15) is 5.26 Å². The molecule has 112 valence electrons. The minimum Gasteiger partial charge on any atom is -0.339 e. The maximum atomic E-state index is 9.65. The zero-order chi connectivity index (χ0) is 15.3. The Hall–Kier alpha value is -2.25. The third kappa shape index (κ3) is 1.66. The molecule has 0 spiro atoms. The van der Waals surface area contributed by atoms with Crippen molar-refractivity contribution in [2.75, 3.05) is 23.3 Å². The molecule has 4 heteroatoms. The first kappa shape index (κ1) is 13.4. The number of likely N-dealkylation sites (tertiary alicyclic amines) is 1. The molecule has 1 unspecified atom stereocenters. The molecule has 0 saturated carbocycles. The molecule has 0 amide bonds. The molecule has 1 fully saturated rings. The number of hydrogen-bond donors (Lipinski definition) is 1. The second-order valence-corrected chi connectivity index (χ2v) is 6.16. The highest BCUT2D eigenvalue weighted by molar-refractivity contribution is 5.85. The molecule has 3 aliphatic rings. The highest BCUT2D eigenvalue weighted by atomic mass is 15.4. The van der Waals surface area contributed by atoms with Crippen molar-refractivity contribution in [1.29, 1.82) is 5.26 Å². The number of allylic oxidation sites excluding steroid dienone is 2. The van der Waals surface area contributed by atoms with Crippen LogP contribution in [0.3, 0.4) is 0 Å². The van der Waals surface area contributed by atoms with Gasteiger partial charge in [0.15, 0.2) is 0 Å². The van der Waals surface area contributed by atoms with Crippen molar-refractivity contribution in [2.45, 2.75) is 32.9 Å². The lowest BCUT2D eigenvalue weighted by Crippen LogP contribution is -2.47. The number of fused-ring (bicyclic) bond motifs is 5. The number of nitrogens with zero attached hydrogens (tertiary/aromatic N) is 3. The topological polar surface area (TPSA) is 42.3 Å². The number of benzene rings is 1. The summed E-state index contributed by atoms with van der Waals surface area (Å²) < 4.78 is 0. The predicted octanol–water partition coefficient (Wildman–Crippen LogP) is 3.43. The molecule has 0 bridgehead atoms. The van der Waals surface area contributed by atoms with E-state index in [1.807, 2.05) is 6.07 Å². The van der Waals surface area contributed by atoms with Gasteiger partial charge in [0, 0.05) is 13.1 Å². The van der Waals surface area contributed by atoms with E-state index in [0.717, 1.165) is 48.6 Å². The minimum absolute atomic E-state index is 0.267. The maximum absolute atomic E-state index is 9.65. The summed E-state index contributed by atoms with van der Waals surface area (Å²) in [6.07, 6.45) is 2.48. The van der Waals surface area contributed by atoms with Gasteiger partial charge < -0.3 is 10.2 Å². The fourth-order valence-corrected chi connectivity index (χ4v) is 3.97. The van der Waals surface area contributed by atoms with Crippen molar-refractivity contribution in [3.63, 3.8) is 0 Å². The predicted molar refractivity (Wildman–Crippen MR) is 88.2 cm³/mol. The normalized spacial score (nSPS) is 23.1. The Kier molecular flexibility index (Phi) is 2.98. The Labute approximate surface area is 131 Å². The van der Waals surface area contributed by atoms with Gasteiger partial charge in [-0.25, -0.2) is 0 Å². The van der Waals surface area contributed by atoms with Crippen molar-refractivity contribution in [2.24, 2.45) is 0 Å². The van der Waals surface area contributed by atoms with E-state index in [-0.39, 0.29) is 6.17 Å². The van der Waals surface area contributed by atoms with Gasteiger partial charge >= 0.3 is 0 Å². The van der Waals surface area contributed by atoms with E-state index in [4.69, 9.17) is 0 Å². The van der Waals surface area contributed by atoms with Crippen LogP contribution in [0, 0.1) is 11.3 Å². The number of nitrogens with one attached hydrogen (secondary N) is 1. The molecule has 1 aromatic carbocycles. The molecule has 0 aliphatic carbocycles. The van der Waals surface area contributed by atoms with Crippen LogP contribution in [0.4, 0.5) is 11.4 Å². The summed E-state index contributed by atoms with van der Waals surface area (Å²) in [5.41, 5.74) is 5.65. The Morgan fingerprint density at radius 2 is 2.18 bits per heavy atom.